The monoisotopic (exact) mass is 451 g/mol. The molecule has 9 heteroatoms. The lowest BCUT2D eigenvalue weighted by Gasteiger charge is -2.29. The summed E-state index contributed by atoms with van der Waals surface area (Å²) in [4.78, 5) is 34.1. The van der Waals surface area contributed by atoms with Crippen LogP contribution in [0, 0.1) is 0 Å². The van der Waals surface area contributed by atoms with Gasteiger partial charge in [0, 0.05) is 44.1 Å². The van der Waals surface area contributed by atoms with Gasteiger partial charge in [-0.2, -0.15) is 0 Å². The van der Waals surface area contributed by atoms with Crippen molar-refractivity contribution in [2.45, 2.75) is 12.5 Å². The van der Waals surface area contributed by atoms with Crippen molar-refractivity contribution in [1.82, 2.24) is 14.8 Å². The first kappa shape index (κ1) is 21.4. The Hall–Kier alpha value is -3.43. The number of amides is 1. The van der Waals surface area contributed by atoms with Gasteiger partial charge in [0.1, 0.15) is 5.76 Å². The average molecular weight is 451 g/mol. The van der Waals surface area contributed by atoms with Gasteiger partial charge in [0.05, 0.1) is 24.8 Å². The number of aromatic nitrogens is 1. The Morgan fingerprint density at radius 3 is 2.70 bits per heavy atom. The van der Waals surface area contributed by atoms with E-state index in [4.69, 9.17) is 14.2 Å². The van der Waals surface area contributed by atoms with E-state index in [1.54, 1.807) is 41.6 Å². The minimum Gasteiger partial charge on any atom is -0.507 e. The van der Waals surface area contributed by atoms with Gasteiger partial charge in [0.2, 0.25) is 6.79 Å². The molecule has 4 heterocycles. The summed E-state index contributed by atoms with van der Waals surface area (Å²) in [7, 11) is 0. The van der Waals surface area contributed by atoms with Crippen LogP contribution >= 0.6 is 0 Å². The number of aliphatic hydroxyl groups is 1. The molecule has 0 bridgehead atoms. The molecule has 3 aliphatic heterocycles. The van der Waals surface area contributed by atoms with Gasteiger partial charge in [-0.3, -0.25) is 19.5 Å². The van der Waals surface area contributed by atoms with E-state index < -0.39 is 17.7 Å². The fourth-order valence-electron chi connectivity index (χ4n) is 4.48. The molecule has 1 unspecified atom stereocenters. The van der Waals surface area contributed by atoms with Crippen LogP contribution < -0.4 is 9.47 Å². The van der Waals surface area contributed by atoms with Crippen LogP contribution in [-0.4, -0.2) is 77.8 Å². The van der Waals surface area contributed by atoms with E-state index in [-0.39, 0.29) is 18.1 Å². The van der Waals surface area contributed by atoms with Crippen molar-refractivity contribution in [3.63, 3.8) is 0 Å². The fourth-order valence-corrected chi connectivity index (χ4v) is 4.48. The van der Waals surface area contributed by atoms with Crippen molar-refractivity contribution >= 4 is 17.4 Å². The number of ketones is 1. The lowest BCUT2D eigenvalue weighted by Crippen LogP contribution is -2.39. The normalized spacial score (nSPS) is 22.2. The highest BCUT2D eigenvalue weighted by Crippen LogP contribution is 2.41. The average Bonchev–Trinajstić information content (AvgIpc) is 3.42. The molecule has 172 valence electrons. The predicted octanol–water partition coefficient (Wildman–Crippen LogP) is 1.95. The zero-order chi connectivity index (χ0) is 22.8. The summed E-state index contributed by atoms with van der Waals surface area (Å²) in [6, 6.07) is 7.79. The number of hydrogen-bond donors (Lipinski definition) is 1. The quantitative estimate of drug-likeness (QED) is 0.404. The number of rotatable bonds is 6. The number of morpholine rings is 1. The molecule has 9 nitrogen and oxygen atoms in total. The molecular weight excluding hydrogens is 426 g/mol. The standard InChI is InChI=1S/C24H25N3O6/c28-22(16-4-5-18-19(13-16)33-15-32-18)20-21(17-3-1-6-25-14-17)27(24(30)23(20)29)8-2-7-26-9-11-31-12-10-26/h1,3-6,13-14,21,28H,2,7-12,15H2. The highest BCUT2D eigenvalue weighted by Gasteiger charge is 2.46. The van der Waals surface area contributed by atoms with Crippen molar-refractivity contribution in [1.29, 1.82) is 0 Å². The van der Waals surface area contributed by atoms with Crippen LogP contribution in [0.2, 0.25) is 0 Å². The van der Waals surface area contributed by atoms with Crippen LogP contribution in [0.25, 0.3) is 5.76 Å². The smallest absolute Gasteiger partial charge is 0.295 e. The van der Waals surface area contributed by atoms with Gasteiger partial charge in [0.25, 0.3) is 11.7 Å². The van der Waals surface area contributed by atoms with Crippen molar-refractivity contribution in [2.24, 2.45) is 0 Å². The van der Waals surface area contributed by atoms with Crippen molar-refractivity contribution in [3.05, 3.63) is 59.4 Å². The van der Waals surface area contributed by atoms with E-state index in [9.17, 15) is 14.7 Å². The number of likely N-dealkylation sites (tertiary alicyclic amines) is 1. The second-order valence-electron chi connectivity index (χ2n) is 8.15. The molecule has 2 saturated heterocycles. The van der Waals surface area contributed by atoms with Crippen LogP contribution in [0.4, 0.5) is 0 Å². The zero-order valence-electron chi connectivity index (χ0n) is 18.1. The number of carbonyl (C=O) groups excluding carboxylic acids is 2. The molecule has 1 aromatic carbocycles. The summed E-state index contributed by atoms with van der Waals surface area (Å²) < 4.78 is 16.1. The molecule has 3 aliphatic rings. The van der Waals surface area contributed by atoms with E-state index >= 15 is 0 Å². The Morgan fingerprint density at radius 1 is 1.09 bits per heavy atom. The third-order valence-electron chi connectivity index (χ3n) is 6.16. The van der Waals surface area contributed by atoms with Gasteiger partial charge in [-0.15, -0.1) is 0 Å². The Kier molecular flexibility index (Phi) is 5.97. The molecule has 2 aromatic rings. The molecular formula is C24H25N3O6. The van der Waals surface area contributed by atoms with Crippen LogP contribution in [0.3, 0.4) is 0 Å². The first-order chi connectivity index (χ1) is 16.1. The summed E-state index contributed by atoms with van der Waals surface area (Å²) in [6.07, 6.45) is 3.96. The van der Waals surface area contributed by atoms with E-state index in [0.717, 1.165) is 19.6 Å². The Labute approximate surface area is 191 Å². The summed E-state index contributed by atoms with van der Waals surface area (Å²) in [6.45, 7) is 4.41. The number of nitrogens with zero attached hydrogens (tertiary/aromatic N) is 3. The number of Topliss-reactive ketones (excluding diaryl/α,β-unsaturated/α-hetero) is 1. The minimum atomic E-state index is -0.714. The molecule has 1 atom stereocenters. The lowest BCUT2D eigenvalue weighted by atomic mass is 9.96. The largest absolute Gasteiger partial charge is 0.507 e. The third-order valence-corrected chi connectivity index (χ3v) is 6.16. The van der Waals surface area contributed by atoms with Gasteiger partial charge in [-0.05, 0) is 36.2 Å². The van der Waals surface area contributed by atoms with Gasteiger partial charge < -0.3 is 24.2 Å². The third kappa shape index (κ3) is 4.17. The fraction of sp³-hybridized carbons (Fsp3) is 0.375. The van der Waals surface area contributed by atoms with Crippen LogP contribution in [0.5, 0.6) is 11.5 Å². The second-order valence-corrected chi connectivity index (χ2v) is 8.15. The lowest BCUT2D eigenvalue weighted by molar-refractivity contribution is -0.140. The molecule has 1 aromatic heterocycles. The number of benzene rings is 1. The summed E-state index contributed by atoms with van der Waals surface area (Å²) >= 11 is 0. The molecule has 1 amide bonds. The van der Waals surface area contributed by atoms with Gasteiger partial charge >= 0.3 is 0 Å². The predicted molar refractivity (Wildman–Crippen MR) is 118 cm³/mol. The van der Waals surface area contributed by atoms with Crippen LogP contribution in [0.15, 0.2) is 48.3 Å². The SMILES string of the molecule is O=C1C(=O)N(CCCN2CCOCC2)C(c2cccnc2)C1=C(O)c1ccc2c(c1)OCO2. The van der Waals surface area contributed by atoms with Crippen LogP contribution in [-0.2, 0) is 14.3 Å². The molecule has 5 rings (SSSR count). The second kappa shape index (κ2) is 9.21. The number of pyridine rings is 1. The first-order valence-corrected chi connectivity index (χ1v) is 11.0. The van der Waals surface area contributed by atoms with E-state index in [0.29, 0.717) is 48.8 Å². The van der Waals surface area contributed by atoms with Gasteiger partial charge in [-0.25, -0.2) is 0 Å². The van der Waals surface area contributed by atoms with Crippen LogP contribution in [0.1, 0.15) is 23.6 Å². The van der Waals surface area contributed by atoms with E-state index in [1.165, 1.54) is 0 Å². The Morgan fingerprint density at radius 2 is 1.91 bits per heavy atom. The molecule has 1 N–H and O–H groups in total. The Balaban J connectivity index is 1.46. The highest BCUT2D eigenvalue weighted by molar-refractivity contribution is 6.46. The van der Waals surface area contributed by atoms with E-state index in [2.05, 4.69) is 9.88 Å². The Bertz CT molecular complexity index is 1080. The van der Waals surface area contributed by atoms with Crippen molar-refractivity contribution < 1.29 is 28.9 Å². The maximum Gasteiger partial charge on any atom is 0.295 e. The molecule has 0 saturated carbocycles. The topological polar surface area (TPSA) is 101 Å². The van der Waals surface area contributed by atoms with Crippen molar-refractivity contribution in [2.75, 3.05) is 46.2 Å². The number of aliphatic hydroxyl groups excluding tert-OH is 1. The summed E-state index contributed by atoms with van der Waals surface area (Å²) in [5.41, 5.74) is 1.11. The number of carbonyl (C=O) groups is 2. The molecule has 0 aliphatic carbocycles. The molecule has 33 heavy (non-hydrogen) atoms. The molecule has 0 spiro atoms. The maximum absolute atomic E-state index is 13.1. The highest BCUT2D eigenvalue weighted by atomic mass is 16.7. The van der Waals surface area contributed by atoms with E-state index in [1.807, 2.05) is 6.07 Å². The zero-order valence-corrected chi connectivity index (χ0v) is 18.1. The number of hydrogen-bond acceptors (Lipinski definition) is 8. The summed E-state index contributed by atoms with van der Waals surface area (Å²) in [5.74, 6) is -0.509. The molecule has 0 radical (unpaired) electrons. The summed E-state index contributed by atoms with van der Waals surface area (Å²) in [5, 5.41) is 11.2. The minimum absolute atomic E-state index is 0.0539. The maximum atomic E-state index is 13.1. The van der Waals surface area contributed by atoms with Gasteiger partial charge in [-0.1, -0.05) is 6.07 Å². The first-order valence-electron chi connectivity index (χ1n) is 11.0. The van der Waals surface area contributed by atoms with Gasteiger partial charge in [0.15, 0.2) is 11.5 Å². The number of ether oxygens (including phenoxy) is 3. The molecule has 2 fully saturated rings. The number of fused-ring (bicyclic) bond motifs is 1. The van der Waals surface area contributed by atoms with Crippen molar-refractivity contribution in [3.8, 4) is 11.5 Å².